The first-order chi connectivity index (χ1) is 12.1. The van der Waals surface area contributed by atoms with E-state index in [1.165, 1.54) is 0 Å². The van der Waals surface area contributed by atoms with Gasteiger partial charge in [-0.15, -0.1) is 11.7 Å². The number of rotatable bonds is 9. The molecule has 0 aliphatic carbocycles. The van der Waals surface area contributed by atoms with Gasteiger partial charge in [0.1, 0.15) is 0 Å². The molecule has 1 aromatic heterocycles. The molecular formula is C18H23N5O2. The van der Waals surface area contributed by atoms with Crippen molar-refractivity contribution in [2.75, 3.05) is 13.6 Å². The van der Waals surface area contributed by atoms with Crippen molar-refractivity contribution < 1.29 is 9.59 Å². The van der Waals surface area contributed by atoms with E-state index in [1.807, 2.05) is 30.3 Å². The lowest BCUT2D eigenvalue weighted by molar-refractivity contribution is -0.121. The van der Waals surface area contributed by atoms with E-state index in [-0.39, 0.29) is 17.5 Å². The van der Waals surface area contributed by atoms with Gasteiger partial charge in [-0.25, -0.2) is 4.68 Å². The van der Waals surface area contributed by atoms with E-state index in [0.29, 0.717) is 32.5 Å². The molecule has 0 saturated heterocycles. The van der Waals surface area contributed by atoms with Gasteiger partial charge in [0.05, 0.1) is 12.7 Å². The normalized spacial score (nSPS) is 10.3. The van der Waals surface area contributed by atoms with Crippen molar-refractivity contribution in [3.05, 3.63) is 60.4 Å². The van der Waals surface area contributed by atoms with Gasteiger partial charge in [0, 0.05) is 26.6 Å². The molecule has 2 aromatic rings. The van der Waals surface area contributed by atoms with Crippen LogP contribution in [0.3, 0.4) is 0 Å². The highest BCUT2D eigenvalue weighted by Crippen LogP contribution is 2.06. The van der Waals surface area contributed by atoms with Crippen LogP contribution < -0.4 is 5.32 Å². The number of hydrogen-bond acceptors (Lipinski definition) is 4. The molecule has 132 valence electrons. The number of nitrogens with zero attached hydrogens (tertiary/aromatic N) is 4. The maximum atomic E-state index is 12.4. The van der Waals surface area contributed by atoms with Crippen molar-refractivity contribution in [3.8, 4) is 0 Å². The minimum atomic E-state index is -0.190. The van der Waals surface area contributed by atoms with Crippen molar-refractivity contribution in [3.63, 3.8) is 0 Å². The molecule has 2 rings (SSSR count). The molecule has 0 fully saturated rings. The molecule has 1 aromatic carbocycles. The second-order valence-corrected chi connectivity index (χ2v) is 5.69. The van der Waals surface area contributed by atoms with Crippen molar-refractivity contribution in [1.29, 1.82) is 0 Å². The summed E-state index contributed by atoms with van der Waals surface area (Å²) >= 11 is 0. The number of carbonyl (C=O) groups excluding carboxylic acids is 2. The summed E-state index contributed by atoms with van der Waals surface area (Å²) < 4.78 is 1.55. The van der Waals surface area contributed by atoms with E-state index < -0.39 is 0 Å². The third kappa shape index (κ3) is 5.87. The van der Waals surface area contributed by atoms with Crippen LogP contribution in [-0.2, 0) is 17.9 Å². The number of aromatic nitrogens is 3. The van der Waals surface area contributed by atoms with E-state index >= 15 is 0 Å². The van der Waals surface area contributed by atoms with Gasteiger partial charge in [0.25, 0.3) is 5.91 Å². The highest BCUT2D eigenvalue weighted by molar-refractivity contribution is 5.91. The van der Waals surface area contributed by atoms with E-state index in [0.717, 1.165) is 5.56 Å². The number of carbonyl (C=O) groups is 2. The average Bonchev–Trinajstić information content (AvgIpc) is 3.09. The van der Waals surface area contributed by atoms with Gasteiger partial charge in [0.2, 0.25) is 5.91 Å². The van der Waals surface area contributed by atoms with Crippen LogP contribution in [0.5, 0.6) is 0 Å². The fourth-order valence-electron chi connectivity index (χ4n) is 2.26. The average molecular weight is 341 g/mol. The molecule has 0 unspecified atom stereocenters. The Morgan fingerprint density at radius 3 is 2.80 bits per heavy atom. The Morgan fingerprint density at radius 2 is 2.08 bits per heavy atom. The third-order valence-electron chi connectivity index (χ3n) is 3.61. The Morgan fingerprint density at radius 1 is 1.32 bits per heavy atom. The fraction of sp³-hybridized carbons (Fsp3) is 0.333. The number of nitrogens with one attached hydrogen (secondary N) is 1. The molecule has 0 atom stereocenters. The summed E-state index contributed by atoms with van der Waals surface area (Å²) in [6.07, 6.45) is 4.39. The summed E-state index contributed by atoms with van der Waals surface area (Å²) in [7, 11) is 1.73. The van der Waals surface area contributed by atoms with Gasteiger partial charge in [-0.2, -0.15) is 0 Å². The number of amides is 2. The first kappa shape index (κ1) is 18.4. The van der Waals surface area contributed by atoms with Crippen LogP contribution in [0, 0.1) is 0 Å². The summed E-state index contributed by atoms with van der Waals surface area (Å²) in [4.78, 5) is 25.5. The third-order valence-corrected chi connectivity index (χ3v) is 3.61. The van der Waals surface area contributed by atoms with Crippen molar-refractivity contribution >= 4 is 11.8 Å². The molecule has 1 N–H and O–H groups in total. The summed E-state index contributed by atoms with van der Waals surface area (Å²) in [6, 6.07) is 9.75. The predicted octanol–water partition coefficient (Wildman–Crippen LogP) is 1.63. The van der Waals surface area contributed by atoms with Crippen LogP contribution in [0.15, 0.2) is 49.2 Å². The van der Waals surface area contributed by atoms with E-state index in [4.69, 9.17) is 0 Å². The summed E-state index contributed by atoms with van der Waals surface area (Å²) in [5, 5.41) is 10.6. The van der Waals surface area contributed by atoms with Gasteiger partial charge in [-0.05, 0) is 12.0 Å². The molecule has 0 aliphatic heterocycles. The maximum Gasteiger partial charge on any atom is 0.276 e. The molecular weight excluding hydrogens is 318 g/mol. The van der Waals surface area contributed by atoms with Gasteiger partial charge in [-0.3, -0.25) is 9.59 Å². The van der Waals surface area contributed by atoms with Gasteiger partial charge >= 0.3 is 0 Å². The Hall–Kier alpha value is -2.96. The largest absolute Gasteiger partial charge is 0.354 e. The van der Waals surface area contributed by atoms with Crippen LogP contribution in [0.25, 0.3) is 0 Å². The van der Waals surface area contributed by atoms with Crippen LogP contribution >= 0.6 is 0 Å². The van der Waals surface area contributed by atoms with Crippen LogP contribution in [0.1, 0.15) is 28.9 Å². The van der Waals surface area contributed by atoms with Crippen LogP contribution in [-0.4, -0.2) is 45.3 Å². The second-order valence-electron chi connectivity index (χ2n) is 5.69. The summed E-state index contributed by atoms with van der Waals surface area (Å²) in [6.45, 7) is 4.99. The Balaban J connectivity index is 1.82. The first-order valence-corrected chi connectivity index (χ1v) is 8.17. The summed E-state index contributed by atoms with van der Waals surface area (Å²) in [5.74, 6) is -0.218. The number of hydrogen-bond donors (Lipinski definition) is 1. The van der Waals surface area contributed by atoms with Gasteiger partial charge in [-0.1, -0.05) is 41.6 Å². The lowest BCUT2D eigenvalue weighted by atomic mass is 10.2. The lowest BCUT2D eigenvalue weighted by Gasteiger charge is -2.15. The molecule has 0 radical (unpaired) electrons. The Labute approximate surface area is 147 Å². The highest BCUT2D eigenvalue weighted by Gasteiger charge is 2.16. The van der Waals surface area contributed by atoms with E-state index in [1.54, 1.807) is 28.9 Å². The van der Waals surface area contributed by atoms with Crippen molar-refractivity contribution in [1.82, 2.24) is 25.2 Å². The quantitative estimate of drug-likeness (QED) is 0.703. The molecule has 1 heterocycles. The van der Waals surface area contributed by atoms with Gasteiger partial charge < -0.3 is 10.2 Å². The molecule has 7 nitrogen and oxygen atoms in total. The van der Waals surface area contributed by atoms with E-state index in [9.17, 15) is 9.59 Å². The predicted molar refractivity (Wildman–Crippen MR) is 94.7 cm³/mol. The topological polar surface area (TPSA) is 80.1 Å². The fourth-order valence-corrected chi connectivity index (χ4v) is 2.26. The highest BCUT2D eigenvalue weighted by atomic mass is 16.2. The summed E-state index contributed by atoms with van der Waals surface area (Å²) in [5.41, 5.74) is 1.34. The molecule has 2 amide bonds. The Kier molecular flexibility index (Phi) is 6.88. The maximum absolute atomic E-state index is 12.4. The molecule has 25 heavy (non-hydrogen) atoms. The number of benzene rings is 1. The van der Waals surface area contributed by atoms with Gasteiger partial charge in [0.15, 0.2) is 5.69 Å². The van der Waals surface area contributed by atoms with E-state index in [2.05, 4.69) is 22.2 Å². The van der Waals surface area contributed by atoms with Crippen molar-refractivity contribution in [2.45, 2.75) is 25.9 Å². The Bertz CT molecular complexity index is 711. The molecule has 0 aliphatic rings. The lowest BCUT2D eigenvalue weighted by Crippen LogP contribution is -2.27. The zero-order chi connectivity index (χ0) is 18.1. The van der Waals surface area contributed by atoms with Crippen LogP contribution in [0.2, 0.25) is 0 Å². The monoisotopic (exact) mass is 341 g/mol. The second kappa shape index (κ2) is 9.36. The molecule has 7 heteroatoms. The first-order valence-electron chi connectivity index (χ1n) is 8.17. The smallest absolute Gasteiger partial charge is 0.276 e. The zero-order valence-corrected chi connectivity index (χ0v) is 14.4. The molecule has 0 saturated carbocycles. The van der Waals surface area contributed by atoms with Crippen molar-refractivity contribution in [2.24, 2.45) is 0 Å². The molecule has 0 bridgehead atoms. The molecule has 0 spiro atoms. The standard InChI is InChI=1S/C18H23N5O2/c1-3-4-10-17(24)19-11-12-23-14-16(20-21-23)18(25)22(2)13-15-8-6-5-7-9-15/h3,5-9,14H,1,4,10-13H2,2H3,(H,19,24). The number of allylic oxidation sites excluding steroid dienone is 1. The minimum Gasteiger partial charge on any atom is -0.354 e. The minimum absolute atomic E-state index is 0.0288. The van der Waals surface area contributed by atoms with Crippen LogP contribution in [0.4, 0.5) is 0 Å². The SMILES string of the molecule is C=CCCC(=O)NCCn1cc(C(=O)N(C)Cc2ccccc2)nn1. The zero-order valence-electron chi connectivity index (χ0n) is 14.4.